The smallest absolute Gasteiger partial charge is 0.325 e. The van der Waals surface area contributed by atoms with E-state index in [4.69, 9.17) is 5.73 Å². The molecule has 0 aromatic heterocycles. The van der Waals surface area contributed by atoms with Crippen molar-refractivity contribution in [2.24, 2.45) is 11.7 Å². The number of urea groups is 1. The quantitative estimate of drug-likeness (QED) is 0.614. The Labute approximate surface area is 124 Å². The predicted octanol–water partition coefficient (Wildman–Crippen LogP) is -0.406. The molecule has 0 spiro atoms. The fourth-order valence-electron chi connectivity index (χ4n) is 2.72. The van der Waals surface area contributed by atoms with Crippen LogP contribution in [0.25, 0.3) is 0 Å². The second-order valence-electron chi connectivity index (χ2n) is 5.16. The van der Waals surface area contributed by atoms with Crippen LogP contribution < -0.4 is 16.4 Å². The first-order chi connectivity index (χ1) is 9.10. The van der Waals surface area contributed by atoms with Crippen molar-refractivity contribution in [3.63, 3.8) is 0 Å². The summed E-state index contributed by atoms with van der Waals surface area (Å²) in [4.78, 5) is 35.4. The molecule has 4 amide bonds. The van der Waals surface area contributed by atoms with Gasteiger partial charge in [-0.3, -0.25) is 14.9 Å². The number of carbonyl (C=O) groups is 3. The molecule has 7 nitrogen and oxygen atoms in total. The maximum absolute atomic E-state index is 11.9. The van der Waals surface area contributed by atoms with E-state index < -0.39 is 6.03 Å². The van der Waals surface area contributed by atoms with E-state index in [-0.39, 0.29) is 43.4 Å². The summed E-state index contributed by atoms with van der Waals surface area (Å²) >= 11 is 0. The van der Waals surface area contributed by atoms with E-state index in [1.54, 1.807) is 0 Å². The zero-order valence-corrected chi connectivity index (χ0v) is 12.1. The molecule has 2 rings (SSSR count). The molecule has 1 aliphatic heterocycles. The third-order valence-corrected chi connectivity index (χ3v) is 3.76. The Morgan fingerprint density at radius 3 is 2.65 bits per heavy atom. The monoisotopic (exact) mass is 304 g/mol. The maximum atomic E-state index is 11.9. The molecule has 1 saturated heterocycles. The number of nitrogens with one attached hydrogen (secondary N) is 2. The number of amides is 4. The van der Waals surface area contributed by atoms with Crippen molar-refractivity contribution in [2.45, 2.75) is 31.7 Å². The van der Waals surface area contributed by atoms with Crippen molar-refractivity contribution in [2.75, 3.05) is 19.6 Å². The fraction of sp³-hybridized carbons (Fsp3) is 0.750. The van der Waals surface area contributed by atoms with Crippen LogP contribution in [0.1, 0.15) is 25.7 Å². The first-order valence-electron chi connectivity index (χ1n) is 6.68. The summed E-state index contributed by atoms with van der Waals surface area (Å²) in [6.07, 6.45) is 4.20. The minimum atomic E-state index is -0.501. The molecule has 2 aliphatic rings. The number of hydrogen-bond acceptors (Lipinski definition) is 4. The van der Waals surface area contributed by atoms with Crippen LogP contribution in [0.5, 0.6) is 0 Å². The van der Waals surface area contributed by atoms with Gasteiger partial charge in [-0.1, -0.05) is 12.8 Å². The van der Waals surface area contributed by atoms with E-state index >= 15 is 0 Å². The lowest BCUT2D eigenvalue weighted by Gasteiger charge is -2.31. The van der Waals surface area contributed by atoms with Gasteiger partial charge in [-0.25, -0.2) is 4.79 Å². The maximum Gasteiger partial charge on any atom is 0.325 e. The number of hydrogen-bond donors (Lipinski definition) is 3. The highest BCUT2D eigenvalue weighted by Crippen LogP contribution is 2.23. The van der Waals surface area contributed by atoms with Crippen LogP contribution in [0, 0.1) is 5.92 Å². The van der Waals surface area contributed by atoms with Gasteiger partial charge in [-0.2, -0.15) is 0 Å². The average Bonchev–Trinajstić information content (AvgIpc) is 2.68. The average molecular weight is 305 g/mol. The van der Waals surface area contributed by atoms with Crippen LogP contribution >= 0.6 is 12.4 Å². The Hall–Kier alpha value is -1.34. The zero-order chi connectivity index (χ0) is 13.8. The standard InChI is InChI=1S/C12H20N4O3.ClH/c13-5-8-3-1-2-4-9(8)14-10(17)6-16-7-11(18)15-12(16)19;/h8-9H,1-7,13H2,(H,14,17)(H,15,18,19);1H. The Bertz CT molecular complexity index is 391. The van der Waals surface area contributed by atoms with Crippen molar-refractivity contribution >= 4 is 30.3 Å². The lowest BCUT2D eigenvalue weighted by atomic mass is 9.84. The lowest BCUT2D eigenvalue weighted by Crippen LogP contribution is -2.48. The molecule has 2 unspecified atom stereocenters. The molecule has 0 aromatic carbocycles. The second kappa shape index (κ2) is 7.44. The molecule has 1 heterocycles. The van der Waals surface area contributed by atoms with Gasteiger partial charge in [0.05, 0.1) is 0 Å². The minimum Gasteiger partial charge on any atom is -0.352 e. The molecule has 114 valence electrons. The van der Waals surface area contributed by atoms with Crippen LogP contribution in [0.3, 0.4) is 0 Å². The van der Waals surface area contributed by atoms with Gasteiger partial charge in [0.1, 0.15) is 13.1 Å². The largest absolute Gasteiger partial charge is 0.352 e. The summed E-state index contributed by atoms with van der Waals surface area (Å²) in [7, 11) is 0. The molecule has 8 heteroatoms. The highest BCUT2D eigenvalue weighted by molar-refractivity contribution is 6.03. The fourth-order valence-corrected chi connectivity index (χ4v) is 2.72. The van der Waals surface area contributed by atoms with Crippen molar-refractivity contribution in [1.29, 1.82) is 0 Å². The van der Waals surface area contributed by atoms with Crippen LogP contribution in [-0.2, 0) is 9.59 Å². The number of rotatable bonds is 4. The first-order valence-corrected chi connectivity index (χ1v) is 6.68. The van der Waals surface area contributed by atoms with Gasteiger partial charge >= 0.3 is 6.03 Å². The van der Waals surface area contributed by atoms with Crippen LogP contribution in [0.15, 0.2) is 0 Å². The third kappa shape index (κ3) is 4.08. The van der Waals surface area contributed by atoms with Crippen molar-refractivity contribution in [3.8, 4) is 0 Å². The summed E-state index contributed by atoms with van der Waals surface area (Å²) in [6, 6.07) is -0.410. The summed E-state index contributed by atoms with van der Waals surface area (Å²) in [5, 5.41) is 5.07. The summed E-state index contributed by atoms with van der Waals surface area (Å²) in [5.74, 6) is -0.280. The predicted molar refractivity (Wildman–Crippen MR) is 75.3 cm³/mol. The third-order valence-electron chi connectivity index (χ3n) is 3.76. The SMILES string of the molecule is Cl.NCC1CCCCC1NC(=O)CN1CC(=O)NC1=O. The van der Waals surface area contributed by atoms with E-state index in [1.165, 1.54) is 4.90 Å². The van der Waals surface area contributed by atoms with Crippen LogP contribution in [0.2, 0.25) is 0 Å². The molecule has 20 heavy (non-hydrogen) atoms. The highest BCUT2D eigenvalue weighted by atomic mass is 35.5. The van der Waals surface area contributed by atoms with E-state index in [2.05, 4.69) is 10.6 Å². The van der Waals surface area contributed by atoms with Gasteiger partial charge in [0.2, 0.25) is 11.8 Å². The van der Waals surface area contributed by atoms with E-state index in [9.17, 15) is 14.4 Å². The van der Waals surface area contributed by atoms with Crippen molar-refractivity contribution in [1.82, 2.24) is 15.5 Å². The normalized spacial score (nSPS) is 25.9. The number of nitrogens with zero attached hydrogens (tertiary/aromatic N) is 1. The molecule has 0 bridgehead atoms. The van der Waals surface area contributed by atoms with Gasteiger partial charge in [0.15, 0.2) is 0 Å². The first kappa shape index (κ1) is 16.7. The van der Waals surface area contributed by atoms with Crippen LogP contribution in [-0.4, -0.2) is 48.4 Å². The highest BCUT2D eigenvalue weighted by Gasteiger charge is 2.30. The molecule has 1 saturated carbocycles. The number of halogens is 1. The molecule has 1 aliphatic carbocycles. The molecule has 0 radical (unpaired) electrons. The Balaban J connectivity index is 0.00000200. The van der Waals surface area contributed by atoms with E-state index in [0.29, 0.717) is 12.5 Å². The van der Waals surface area contributed by atoms with Gasteiger partial charge < -0.3 is 16.0 Å². The van der Waals surface area contributed by atoms with Gasteiger partial charge in [-0.05, 0) is 25.3 Å². The molecular formula is C12H21ClN4O3. The number of imide groups is 1. The Morgan fingerprint density at radius 2 is 2.05 bits per heavy atom. The zero-order valence-electron chi connectivity index (χ0n) is 11.3. The minimum absolute atomic E-state index is 0. The van der Waals surface area contributed by atoms with Gasteiger partial charge in [0, 0.05) is 6.04 Å². The molecule has 0 aromatic rings. The summed E-state index contributed by atoms with van der Waals surface area (Å²) in [6.45, 7) is 0.441. The topological polar surface area (TPSA) is 105 Å². The lowest BCUT2D eigenvalue weighted by molar-refractivity contribution is -0.123. The number of nitrogens with two attached hydrogens (primary N) is 1. The van der Waals surface area contributed by atoms with Crippen LogP contribution in [0.4, 0.5) is 4.79 Å². The molecular weight excluding hydrogens is 284 g/mol. The Kier molecular flexibility index (Phi) is 6.22. The van der Waals surface area contributed by atoms with E-state index in [0.717, 1.165) is 25.7 Å². The summed E-state index contributed by atoms with van der Waals surface area (Å²) < 4.78 is 0. The van der Waals surface area contributed by atoms with Gasteiger partial charge in [-0.15, -0.1) is 12.4 Å². The number of carbonyl (C=O) groups excluding carboxylic acids is 3. The second-order valence-corrected chi connectivity index (χ2v) is 5.16. The summed E-state index contributed by atoms with van der Waals surface area (Å²) in [5.41, 5.74) is 5.70. The van der Waals surface area contributed by atoms with E-state index in [1.807, 2.05) is 0 Å². The van der Waals surface area contributed by atoms with Gasteiger partial charge in [0.25, 0.3) is 0 Å². The van der Waals surface area contributed by atoms with Crippen molar-refractivity contribution < 1.29 is 14.4 Å². The molecule has 2 atom stereocenters. The molecule has 2 fully saturated rings. The Morgan fingerprint density at radius 1 is 1.35 bits per heavy atom. The van der Waals surface area contributed by atoms with Crippen molar-refractivity contribution in [3.05, 3.63) is 0 Å². The molecule has 4 N–H and O–H groups in total.